The van der Waals surface area contributed by atoms with Gasteiger partial charge in [0.05, 0.1) is 24.0 Å². The van der Waals surface area contributed by atoms with Crippen LogP contribution >= 0.6 is 0 Å². The number of ether oxygens (including phenoxy) is 1. The summed E-state index contributed by atoms with van der Waals surface area (Å²) in [6.07, 6.45) is 2.21. The van der Waals surface area contributed by atoms with Gasteiger partial charge in [-0.15, -0.1) is 0 Å². The van der Waals surface area contributed by atoms with Gasteiger partial charge in [-0.3, -0.25) is 14.4 Å². The van der Waals surface area contributed by atoms with E-state index in [4.69, 9.17) is 4.74 Å². The predicted molar refractivity (Wildman–Crippen MR) is 113 cm³/mol. The number of carbonyl (C=O) groups excluding carboxylic acids is 2. The number of aromatic nitrogens is 4. The van der Waals surface area contributed by atoms with Crippen molar-refractivity contribution in [2.24, 2.45) is 0 Å². The molecule has 11 heteroatoms. The van der Waals surface area contributed by atoms with Crippen molar-refractivity contribution in [2.75, 3.05) is 25.6 Å². The number of nitrogens with zero attached hydrogens (tertiary/aromatic N) is 5. The number of rotatable bonds is 8. The zero-order valence-electron chi connectivity index (χ0n) is 17.8. The third kappa shape index (κ3) is 3.98. The molecule has 0 aliphatic carbocycles. The fourth-order valence-electron chi connectivity index (χ4n) is 3.76. The fraction of sp³-hybridized carbons (Fsp3) is 0.381. The molecule has 4 rings (SSSR count). The van der Waals surface area contributed by atoms with E-state index in [-0.39, 0.29) is 36.1 Å². The molecule has 0 fully saturated rings. The van der Waals surface area contributed by atoms with Crippen molar-refractivity contribution >= 4 is 23.3 Å². The first-order valence-electron chi connectivity index (χ1n) is 10.3. The molecule has 32 heavy (non-hydrogen) atoms. The molecule has 0 spiro atoms. The second-order valence-corrected chi connectivity index (χ2v) is 7.46. The molecule has 1 aliphatic rings. The number of nitrogens with one attached hydrogen (secondary N) is 1. The summed E-state index contributed by atoms with van der Waals surface area (Å²) in [4.78, 5) is 44.4. The van der Waals surface area contributed by atoms with E-state index in [0.29, 0.717) is 42.9 Å². The Bertz CT molecular complexity index is 1230. The molecule has 0 bridgehead atoms. The molecule has 10 nitrogen and oxygen atoms in total. The number of pyridine rings is 1. The van der Waals surface area contributed by atoms with Crippen molar-refractivity contribution < 1.29 is 18.7 Å². The van der Waals surface area contributed by atoms with Crippen LogP contribution in [0.5, 0.6) is 0 Å². The predicted octanol–water partition coefficient (Wildman–Crippen LogP) is 1.22. The lowest BCUT2D eigenvalue weighted by atomic mass is 10.2. The van der Waals surface area contributed by atoms with Crippen molar-refractivity contribution in [1.29, 1.82) is 0 Å². The minimum atomic E-state index is -0.520. The summed E-state index contributed by atoms with van der Waals surface area (Å²) in [5, 5.41) is 6.93. The summed E-state index contributed by atoms with van der Waals surface area (Å²) in [7, 11) is 1.58. The minimum Gasteiger partial charge on any atom is -0.385 e. The van der Waals surface area contributed by atoms with E-state index < -0.39 is 11.7 Å². The molecule has 0 radical (unpaired) electrons. The van der Waals surface area contributed by atoms with Crippen LogP contribution in [-0.2, 0) is 29.0 Å². The highest BCUT2D eigenvalue weighted by Crippen LogP contribution is 2.23. The van der Waals surface area contributed by atoms with E-state index >= 15 is 0 Å². The zero-order chi connectivity index (χ0) is 22.8. The van der Waals surface area contributed by atoms with Gasteiger partial charge in [-0.2, -0.15) is 9.61 Å². The molecule has 3 aromatic rings. The maximum Gasteiger partial charge on any atom is 0.280 e. The van der Waals surface area contributed by atoms with Crippen molar-refractivity contribution in [1.82, 2.24) is 24.1 Å². The van der Waals surface area contributed by atoms with Crippen molar-refractivity contribution in [2.45, 2.75) is 32.9 Å². The van der Waals surface area contributed by atoms with Gasteiger partial charge in [0.25, 0.3) is 11.5 Å². The van der Waals surface area contributed by atoms with E-state index in [2.05, 4.69) is 15.4 Å². The molecule has 0 aromatic carbocycles. The van der Waals surface area contributed by atoms with Gasteiger partial charge >= 0.3 is 0 Å². The summed E-state index contributed by atoms with van der Waals surface area (Å²) in [6, 6.07) is 4.23. The average molecular weight is 442 g/mol. The smallest absolute Gasteiger partial charge is 0.280 e. The van der Waals surface area contributed by atoms with Gasteiger partial charge in [0, 0.05) is 26.3 Å². The number of hydrogen-bond acceptors (Lipinski definition) is 6. The Kier molecular flexibility index (Phi) is 5.99. The molecule has 4 heterocycles. The van der Waals surface area contributed by atoms with Gasteiger partial charge in [-0.1, -0.05) is 6.92 Å². The van der Waals surface area contributed by atoms with Crippen LogP contribution in [0, 0.1) is 5.82 Å². The van der Waals surface area contributed by atoms with Gasteiger partial charge in [0.15, 0.2) is 0 Å². The second-order valence-electron chi connectivity index (χ2n) is 7.46. The van der Waals surface area contributed by atoms with Gasteiger partial charge in [-0.25, -0.2) is 9.37 Å². The number of aryl methyl sites for hydroxylation is 1. The van der Waals surface area contributed by atoms with E-state index in [1.165, 1.54) is 21.2 Å². The van der Waals surface area contributed by atoms with Crippen molar-refractivity contribution in [3.8, 4) is 0 Å². The van der Waals surface area contributed by atoms with Gasteiger partial charge in [0.1, 0.15) is 29.5 Å². The number of carbonyl (C=O) groups is 2. The lowest BCUT2D eigenvalue weighted by Crippen LogP contribution is -2.30. The number of hydrogen-bond donors (Lipinski definition) is 1. The Morgan fingerprint density at radius 1 is 1.31 bits per heavy atom. The van der Waals surface area contributed by atoms with Crippen LogP contribution in [0.4, 0.5) is 10.2 Å². The Hall–Kier alpha value is -3.60. The van der Waals surface area contributed by atoms with Gasteiger partial charge < -0.3 is 19.5 Å². The van der Waals surface area contributed by atoms with Crippen LogP contribution in [0.2, 0.25) is 0 Å². The maximum absolute atomic E-state index is 13.2. The van der Waals surface area contributed by atoms with E-state index in [9.17, 15) is 18.8 Å². The maximum atomic E-state index is 13.2. The number of methoxy groups -OCH3 is 1. The van der Waals surface area contributed by atoms with Crippen LogP contribution < -0.4 is 10.9 Å². The fourth-order valence-corrected chi connectivity index (χ4v) is 3.76. The molecule has 0 saturated heterocycles. The van der Waals surface area contributed by atoms with Crippen LogP contribution in [0.3, 0.4) is 0 Å². The molecule has 168 valence electrons. The highest BCUT2D eigenvalue weighted by Gasteiger charge is 2.34. The summed E-state index contributed by atoms with van der Waals surface area (Å²) in [5.74, 6) is -1.13. The number of fused-ring (bicyclic) bond motifs is 2. The topological polar surface area (TPSA) is 111 Å². The third-order valence-corrected chi connectivity index (χ3v) is 5.30. The number of amides is 2. The monoisotopic (exact) mass is 442 g/mol. The van der Waals surface area contributed by atoms with Crippen LogP contribution in [0.15, 0.2) is 29.2 Å². The summed E-state index contributed by atoms with van der Waals surface area (Å²) in [5.41, 5.74) is 1.15. The number of halogens is 1. The summed E-state index contributed by atoms with van der Waals surface area (Å²) in [6.45, 7) is 2.72. The normalized spacial score (nSPS) is 13.1. The standard InChI is InChI=1S/C21H23FN6O4/c1-3-14-9-18-27(12-17(29)24-16-6-5-13(22)10-23-16)19-15(20(30)28(18)25-14)11-26(21(19)31)7-4-8-32-2/h5-6,9-10H,3-4,7-8,11-12H2,1-2H3,(H,23,24,29). The Morgan fingerprint density at radius 2 is 2.12 bits per heavy atom. The Labute approximate surface area is 182 Å². The second kappa shape index (κ2) is 8.87. The first-order valence-corrected chi connectivity index (χ1v) is 10.3. The summed E-state index contributed by atoms with van der Waals surface area (Å²) < 4.78 is 20.9. The highest BCUT2D eigenvalue weighted by molar-refractivity contribution is 5.98. The molecule has 0 saturated carbocycles. The molecule has 0 atom stereocenters. The van der Waals surface area contributed by atoms with Crippen molar-refractivity contribution in [3.05, 3.63) is 57.5 Å². The molecular formula is C21H23FN6O4. The van der Waals surface area contributed by atoms with E-state index in [0.717, 1.165) is 6.20 Å². The molecule has 1 N–H and O–H groups in total. The van der Waals surface area contributed by atoms with Crippen LogP contribution in [0.1, 0.15) is 35.1 Å². The lowest BCUT2D eigenvalue weighted by Gasteiger charge is -2.16. The Morgan fingerprint density at radius 3 is 2.81 bits per heavy atom. The first kappa shape index (κ1) is 21.6. The largest absolute Gasteiger partial charge is 0.385 e. The van der Waals surface area contributed by atoms with E-state index in [1.807, 2.05) is 6.92 Å². The third-order valence-electron chi connectivity index (χ3n) is 5.30. The number of anilines is 1. The van der Waals surface area contributed by atoms with Crippen LogP contribution in [0.25, 0.3) is 5.65 Å². The SMILES string of the molecule is CCc1cc2n(CC(=O)Nc3ccc(F)cn3)c3c(c(=O)n2n1)CN(CCCOC)C3=O. The molecule has 1 aliphatic heterocycles. The molecular weight excluding hydrogens is 419 g/mol. The Balaban J connectivity index is 1.72. The lowest BCUT2D eigenvalue weighted by molar-refractivity contribution is -0.116. The van der Waals surface area contributed by atoms with Crippen molar-refractivity contribution in [3.63, 3.8) is 0 Å². The molecule has 3 aromatic heterocycles. The summed E-state index contributed by atoms with van der Waals surface area (Å²) >= 11 is 0. The van der Waals surface area contributed by atoms with E-state index in [1.54, 1.807) is 18.1 Å². The highest BCUT2D eigenvalue weighted by atomic mass is 19.1. The van der Waals surface area contributed by atoms with Gasteiger partial charge in [0.2, 0.25) is 5.91 Å². The quantitative estimate of drug-likeness (QED) is 0.525. The van der Waals surface area contributed by atoms with Crippen LogP contribution in [-0.4, -0.2) is 56.1 Å². The first-order chi connectivity index (χ1) is 15.4. The minimum absolute atomic E-state index is 0.148. The van der Waals surface area contributed by atoms with Gasteiger partial charge in [-0.05, 0) is 25.0 Å². The molecule has 0 unspecified atom stereocenters. The molecule has 2 amide bonds. The average Bonchev–Trinajstić information content (AvgIpc) is 3.35. The zero-order valence-corrected chi connectivity index (χ0v) is 17.8.